The Morgan fingerprint density at radius 1 is 1.11 bits per heavy atom. The van der Waals surface area contributed by atoms with Gasteiger partial charge in [0.05, 0.1) is 16.2 Å². The molecule has 2 N–H and O–H groups in total. The molecule has 1 fully saturated rings. The number of rotatable bonds is 5. The van der Waals surface area contributed by atoms with Gasteiger partial charge in [0.15, 0.2) is 5.78 Å². The van der Waals surface area contributed by atoms with E-state index >= 15 is 0 Å². The number of Topliss-reactive ketones (excluding diaryl/α,β-unsaturated/α-hetero) is 1. The second-order valence-electron chi connectivity index (χ2n) is 8.51. The second kappa shape index (κ2) is 8.17. The van der Waals surface area contributed by atoms with Crippen LogP contribution in [0.3, 0.4) is 0 Å². The zero-order valence-corrected chi connectivity index (χ0v) is 17.3. The molecule has 0 amide bonds. The lowest BCUT2D eigenvalue weighted by molar-refractivity contribution is -0.117. The molecule has 152 valence electrons. The molecule has 0 heterocycles. The number of ketones is 1. The molecule has 2 aliphatic carbocycles. The van der Waals surface area contributed by atoms with Crippen LogP contribution in [-0.4, -0.2) is 31.6 Å². The predicted molar refractivity (Wildman–Crippen MR) is 109 cm³/mol. The molecule has 3 rings (SSSR count). The van der Waals surface area contributed by atoms with Crippen LogP contribution in [0.5, 0.6) is 0 Å². The molecule has 1 aromatic rings. The van der Waals surface area contributed by atoms with Crippen LogP contribution in [0.2, 0.25) is 0 Å². The highest BCUT2D eigenvalue weighted by atomic mass is 32.2. The molecule has 0 aromatic heterocycles. The van der Waals surface area contributed by atoms with Crippen LogP contribution in [0.15, 0.2) is 45.5 Å². The molecule has 0 saturated heterocycles. The summed E-state index contributed by atoms with van der Waals surface area (Å²) in [4.78, 5) is 16.7. The van der Waals surface area contributed by atoms with Gasteiger partial charge in [0, 0.05) is 25.1 Å². The molecule has 2 aliphatic rings. The first-order valence-corrected chi connectivity index (χ1v) is 11.3. The quantitative estimate of drug-likeness (QED) is 0.719. The number of hydrogen-bond acceptors (Lipinski definition) is 5. The maximum absolute atomic E-state index is 12.5. The fourth-order valence-electron chi connectivity index (χ4n) is 3.81. The average Bonchev–Trinajstić information content (AvgIpc) is 2.61. The van der Waals surface area contributed by atoms with Gasteiger partial charge in [0.2, 0.25) is 10.0 Å². The van der Waals surface area contributed by atoms with Gasteiger partial charge in [-0.25, -0.2) is 13.1 Å². The lowest BCUT2D eigenvalue weighted by Gasteiger charge is -2.28. The van der Waals surface area contributed by atoms with Gasteiger partial charge in [-0.3, -0.25) is 9.79 Å². The van der Waals surface area contributed by atoms with Crippen LogP contribution in [0.1, 0.15) is 58.8 Å². The van der Waals surface area contributed by atoms with E-state index in [1.54, 1.807) is 12.1 Å². The number of carbonyl (C=O) groups is 1. The van der Waals surface area contributed by atoms with E-state index in [2.05, 4.69) is 9.71 Å². The predicted octanol–water partition coefficient (Wildman–Crippen LogP) is 4.20. The summed E-state index contributed by atoms with van der Waals surface area (Å²) in [5.41, 5.74) is 0.504. The van der Waals surface area contributed by atoms with Gasteiger partial charge >= 0.3 is 0 Å². The Labute approximate surface area is 166 Å². The molecule has 0 atom stereocenters. The highest BCUT2D eigenvalue weighted by molar-refractivity contribution is 7.89. The molecular weight excluding hydrogens is 376 g/mol. The number of hydrogen-bond donors (Lipinski definition) is 2. The minimum atomic E-state index is -3.55. The Kier molecular flexibility index (Phi) is 6.05. The molecule has 7 heteroatoms. The Hall–Kier alpha value is -1.99. The topological polar surface area (TPSA) is 95.8 Å². The first-order valence-electron chi connectivity index (χ1n) is 9.78. The second-order valence-corrected chi connectivity index (χ2v) is 10.2. The lowest BCUT2D eigenvalue weighted by atomic mass is 9.77. The van der Waals surface area contributed by atoms with Crippen molar-refractivity contribution in [1.82, 2.24) is 4.72 Å². The SMILES string of the molecule is CC1(C)CC(=O)C(C=Nc2ccc(S(=O)(=O)NC3CCCCC3)cc2)=C(O)C1. The van der Waals surface area contributed by atoms with Crippen LogP contribution in [0.4, 0.5) is 5.69 Å². The minimum Gasteiger partial charge on any atom is -0.511 e. The van der Waals surface area contributed by atoms with Gasteiger partial charge in [-0.05, 0) is 42.5 Å². The maximum atomic E-state index is 12.5. The Bertz CT molecular complexity index is 893. The summed E-state index contributed by atoms with van der Waals surface area (Å²) in [6.07, 6.45) is 7.20. The first kappa shape index (κ1) is 20.7. The molecule has 1 saturated carbocycles. The summed E-state index contributed by atoms with van der Waals surface area (Å²) < 4.78 is 27.8. The number of nitrogens with one attached hydrogen (secondary N) is 1. The number of aliphatic imine (C=N–C) groups is 1. The normalized spacial score (nSPS) is 21.4. The third-order valence-electron chi connectivity index (χ3n) is 5.31. The number of allylic oxidation sites excluding steroid dienone is 2. The Morgan fingerprint density at radius 3 is 2.36 bits per heavy atom. The van der Waals surface area contributed by atoms with Crippen LogP contribution < -0.4 is 4.72 Å². The molecule has 0 bridgehead atoms. The zero-order chi connectivity index (χ0) is 20.4. The number of aliphatic hydroxyl groups excluding tert-OH is 1. The van der Waals surface area contributed by atoms with E-state index in [1.165, 1.54) is 18.3 Å². The third kappa shape index (κ3) is 5.08. The first-order chi connectivity index (χ1) is 13.2. The van der Waals surface area contributed by atoms with Crippen molar-refractivity contribution < 1.29 is 18.3 Å². The van der Waals surface area contributed by atoms with Crippen molar-refractivity contribution >= 4 is 27.7 Å². The molecule has 6 nitrogen and oxygen atoms in total. The summed E-state index contributed by atoms with van der Waals surface area (Å²) >= 11 is 0. The zero-order valence-electron chi connectivity index (χ0n) is 16.4. The summed E-state index contributed by atoms with van der Waals surface area (Å²) in [7, 11) is -3.55. The molecule has 28 heavy (non-hydrogen) atoms. The van der Waals surface area contributed by atoms with Crippen molar-refractivity contribution in [3.8, 4) is 0 Å². The van der Waals surface area contributed by atoms with Crippen LogP contribution in [0.25, 0.3) is 0 Å². The highest BCUT2D eigenvalue weighted by Gasteiger charge is 2.32. The number of carbonyl (C=O) groups excluding carboxylic acids is 1. The summed E-state index contributed by atoms with van der Waals surface area (Å²) in [5.74, 6) is -0.0748. The molecule has 1 aromatic carbocycles. The monoisotopic (exact) mass is 404 g/mol. The minimum absolute atomic E-state index is 0.00734. The van der Waals surface area contributed by atoms with Crippen LogP contribution in [0, 0.1) is 5.41 Å². The van der Waals surface area contributed by atoms with E-state index < -0.39 is 10.0 Å². The van der Waals surface area contributed by atoms with E-state index in [4.69, 9.17) is 0 Å². The average molecular weight is 405 g/mol. The number of aliphatic hydroxyl groups is 1. The van der Waals surface area contributed by atoms with Crippen molar-refractivity contribution in [2.75, 3.05) is 0 Å². The van der Waals surface area contributed by atoms with E-state index in [-0.39, 0.29) is 33.5 Å². The van der Waals surface area contributed by atoms with Gasteiger partial charge in [-0.1, -0.05) is 33.1 Å². The van der Waals surface area contributed by atoms with Crippen molar-refractivity contribution in [3.05, 3.63) is 35.6 Å². The highest BCUT2D eigenvalue weighted by Crippen LogP contribution is 2.35. The van der Waals surface area contributed by atoms with Gasteiger partial charge in [0.1, 0.15) is 5.76 Å². The van der Waals surface area contributed by atoms with Crippen molar-refractivity contribution in [3.63, 3.8) is 0 Å². The molecule has 0 spiro atoms. The van der Waals surface area contributed by atoms with Crippen molar-refractivity contribution in [2.45, 2.75) is 69.7 Å². The summed E-state index contributed by atoms with van der Waals surface area (Å²) in [6, 6.07) is 6.23. The smallest absolute Gasteiger partial charge is 0.240 e. The number of sulfonamides is 1. The van der Waals surface area contributed by atoms with Crippen molar-refractivity contribution in [1.29, 1.82) is 0 Å². The lowest BCUT2D eigenvalue weighted by Crippen LogP contribution is -2.36. The standard InChI is InChI=1S/C21H28N2O4S/c1-21(2)12-19(24)18(20(25)13-21)14-22-15-8-10-17(11-9-15)28(26,27)23-16-6-4-3-5-7-16/h8-11,14,16,23-24H,3-7,12-13H2,1-2H3. The van der Waals surface area contributed by atoms with Gasteiger partial charge in [-0.2, -0.15) is 0 Å². The molecule has 0 radical (unpaired) electrons. The van der Waals surface area contributed by atoms with Gasteiger partial charge < -0.3 is 5.11 Å². The van der Waals surface area contributed by atoms with E-state index in [0.717, 1.165) is 32.1 Å². The fraction of sp³-hybridized carbons (Fsp3) is 0.524. The Morgan fingerprint density at radius 2 is 1.75 bits per heavy atom. The number of benzene rings is 1. The third-order valence-corrected chi connectivity index (χ3v) is 6.85. The number of nitrogens with zero attached hydrogens (tertiary/aromatic N) is 1. The van der Waals surface area contributed by atoms with Gasteiger partial charge in [0.25, 0.3) is 0 Å². The van der Waals surface area contributed by atoms with E-state index in [1.807, 2.05) is 13.8 Å². The molecule has 0 unspecified atom stereocenters. The Balaban J connectivity index is 1.70. The fourth-order valence-corrected chi connectivity index (χ4v) is 5.11. The van der Waals surface area contributed by atoms with Gasteiger partial charge in [-0.15, -0.1) is 0 Å². The van der Waals surface area contributed by atoms with Crippen LogP contribution >= 0.6 is 0 Å². The summed E-state index contributed by atoms with van der Waals surface area (Å²) in [5, 5.41) is 10.1. The van der Waals surface area contributed by atoms with E-state index in [9.17, 15) is 18.3 Å². The van der Waals surface area contributed by atoms with Crippen molar-refractivity contribution in [2.24, 2.45) is 10.4 Å². The molecule has 0 aliphatic heterocycles. The largest absolute Gasteiger partial charge is 0.511 e. The van der Waals surface area contributed by atoms with E-state index in [0.29, 0.717) is 18.5 Å². The van der Waals surface area contributed by atoms with Crippen LogP contribution in [-0.2, 0) is 14.8 Å². The molecular formula is C21H28N2O4S. The maximum Gasteiger partial charge on any atom is 0.240 e. The summed E-state index contributed by atoms with van der Waals surface area (Å²) in [6.45, 7) is 3.88.